The van der Waals surface area contributed by atoms with Gasteiger partial charge in [-0.1, -0.05) is 13.8 Å². The summed E-state index contributed by atoms with van der Waals surface area (Å²) in [5.41, 5.74) is -2.13. The Balaban J connectivity index is 1.62. The number of alkyl carbamates (subject to hydrolysis) is 1. The quantitative estimate of drug-likeness (QED) is 0.256. The molecule has 0 aromatic heterocycles. The number of nitrogens with zero attached hydrogens (tertiary/aromatic N) is 2. The van der Waals surface area contributed by atoms with Gasteiger partial charge in [0.15, 0.2) is 17.7 Å². The fourth-order valence-electron chi connectivity index (χ4n) is 7.70. The molecule has 4 fully saturated rings. The average molecular weight is 669 g/mol. The number of rotatable bonds is 8. The fraction of sp³-hybridized carbons (Fsp3) is 0.912. The van der Waals surface area contributed by atoms with Crippen LogP contribution >= 0.6 is 0 Å². The van der Waals surface area contributed by atoms with Crippen LogP contribution in [0.5, 0.6) is 0 Å². The van der Waals surface area contributed by atoms with Gasteiger partial charge in [-0.2, -0.15) is 0 Å². The largest absolute Gasteiger partial charge is 0.461 e. The van der Waals surface area contributed by atoms with Gasteiger partial charge in [-0.25, -0.2) is 4.79 Å². The third kappa shape index (κ3) is 9.03. The molecule has 47 heavy (non-hydrogen) atoms. The summed E-state index contributed by atoms with van der Waals surface area (Å²) < 4.78 is 30.6. The Morgan fingerprint density at radius 1 is 1.04 bits per heavy atom. The molecule has 0 bridgehead atoms. The van der Waals surface area contributed by atoms with Crippen LogP contribution in [0.25, 0.3) is 0 Å². The number of likely N-dealkylation sites (N-methyl/N-ethyl adjacent to an activating group) is 2. The van der Waals surface area contributed by atoms with E-state index in [1.54, 1.807) is 21.0 Å². The first-order valence-corrected chi connectivity index (χ1v) is 17.3. The van der Waals surface area contributed by atoms with E-state index in [1.165, 1.54) is 19.8 Å². The van der Waals surface area contributed by atoms with Gasteiger partial charge in [-0.15, -0.1) is 0 Å². The fourth-order valence-corrected chi connectivity index (χ4v) is 7.70. The average Bonchev–Trinajstić information content (AvgIpc) is 3.77. The number of fused-ring (bicyclic) bond motifs is 1. The van der Waals surface area contributed by atoms with E-state index in [0.717, 1.165) is 12.5 Å². The van der Waals surface area contributed by atoms with E-state index in [9.17, 15) is 19.5 Å². The Morgan fingerprint density at radius 2 is 1.72 bits per heavy atom. The van der Waals surface area contributed by atoms with E-state index in [1.807, 2.05) is 32.8 Å². The lowest BCUT2D eigenvalue weighted by Crippen LogP contribution is -2.60. The van der Waals surface area contributed by atoms with Gasteiger partial charge in [0.05, 0.1) is 23.9 Å². The summed E-state index contributed by atoms with van der Waals surface area (Å²) in [5, 5.41) is 17.9. The van der Waals surface area contributed by atoms with Gasteiger partial charge in [-0.05, 0) is 92.9 Å². The van der Waals surface area contributed by atoms with Crippen molar-refractivity contribution in [3.63, 3.8) is 0 Å². The maximum absolute atomic E-state index is 14.1. The van der Waals surface area contributed by atoms with Gasteiger partial charge in [-0.3, -0.25) is 9.59 Å². The van der Waals surface area contributed by atoms with E-state index in [-0.39, 0.29) is 36.5 Å². The first-order chi connectivity index (χ1) is 22.0. The Morgan fingerprint density at radius 3 is 2.34 bits per heavy atom. The number of esters is 1. The van der Waals surface area contributed by atoms with Gasteiger partial charge in [0, 0.05) is 38.2 Å². The lowest BCUT2D eigenvalue weighted by atomic mass is 9.78. The van der Waals surface area contributed by atoms with Gasteiger partial charge in [0.1, 0.15) is 18.6 Å². The maximum Gasteiger partial charge on any atom is 0.408 e. The van der Waals surface area contributed by atoms with Gasteiger partial charge >= 0.3 is 12.1 Å². The molecule has 4 rings (SSSR count). The number of aliphatic hydroxyl groups is 1. The van der Waals surface area contributed by atoms with Crippen molar-refractivity contribution in [3.8, 4) is 0 Å². The van der Waals surface area contributed by atoms with Crippen LogP contribution in [0.2, 0.25) is 0 Å². The molecular formula is C34H60N4O9. The summed E-state index contributed by atoms with van der Waals surface area (Å²) in [6, 6.07) is -0.918. The second kappa shape index (κ2) is 15.3. The van der Waals surface area contributed by atoms with Crippen molar-refractivity contribution in [2.24, 2.45) is 23.7 Å². The summed E-state index contributed by atoms with van der Waals surface area (Å²) in [6.07, 6.45) is -0.00828. The summed E-state index contributed by atoms with van der Waals surface area (Å²) in [6.45, 7) is 13.0. The van der Waals surface area contributed by atoms with Crippen LogP contribution in [-0.4, -0.2) is 141 Å². The molecule has 3 aliphatic heterocycles. The standard InChI is InChI=1S/C34H60N4O9/c1-19-14-33(5,43-10)29(46-31-27(40)25(37(7)8)13-24(45-31)17-38(9)16-23-11-12-23)20(2)26(39)21(3)30(41)44-18-34(6)28(22(4)35-15-19)36-32(42)47-34/h19-25,27-29,31,35,40H,11-18H2,1-10H3,(H,36,42)/t19-,20+,21?,22-,24?,25?,27?,28-,29-,31?,33-,34-/m1/s1. The summed E-state index contributed by atoms with van der Waals surface area (Å²) in [7, 11) is 7.56. The first-order valence-electron chi connectivity index (χ1n) is 17.3. The third-order valence-corrected chi connectivity index (χ3v) is 10.8. The van der Waals surface area contributed by atoms with Gasteiger partial charge in [0.2, 0.25) is 0 Å². The van der Waals surface area contributed by atoms with Crippen molar-refractivity contribution in [1.29, 1.82) is 0 Å². The highest BCUT2D eigenvalue weighted by molar-refractivity contribution is 6.00. The zero-order chi connectivity index (χ0) is 34.8. The monoisotopic (exact) mass is 668 g/mol. The number of amides is 1. The van der Waals surface area contributed by atoms with E-state index in [4.69, 9.17) is 23.7 Å². The van der Waals surface area contributed by atoms with Crippen LogP contribution < -0.4 is 10.6 Å². The number of aliphatic hydroxyl groups excluding tert-OH is 1. The van der Waals surface area contributed by atoms with Crippen LogP contribution in [0, 0.1) is 23.7 Å². The van der Waals surface area contributed by atoms with E-state index in [0.29, 0.717) is 25.9 Å². The topological polar surface area (TPSA) is 148 Å². The highest BCUT2D eigenvalue weighted by Crippen LogP contribution is 2.37. The second-order valence-corrected chi connectivity index (χ2v) is 15.5. The second-order valence-electron chi connectivity index (χ2n) is 15.5. The number of ether oxygens (including phenoxy) is 5. The SMILES string of the molecule is CO[C@]1(C)C[C@@H](C)CN[C@H](C)[C@H]2NC(=O)O[C@]2(C)COC(=O)C(C)C(=O)[C@H](C)[C@H]1OC1OC(CN(C)CC2CC2)CC(N(C)C)C1O. The van der Waals surface area contributed by atoms with Gasteiger partial charge in [0.25, 0.3) is 0 Å². The predicted octanol–water partition coefficient (Wildman–Crippen LogP) is 1.79. The predicted molar refractivity (Wildman–Crippen MR) is 175 cm³/mol. The molecule has 13 nitrogen and oxygen atoms in total. The molecule has 5 unspecified atom stereocenters. The number of hydrogen-bond acceptors (Lipinski definition) is 12. The Bertz CT molecular complexity index is 1110. The molecule has 3 saturated heterocycles. The highest BCUT2D eigenvalue weighted by atomic mass is 16.7. The maximum atomic E-state index is 14.1. The number of methoxy groups -OCH3 is 1. The minimum absolute atomic E-state index is 0.0380. The molecule has 270 valence electrons. The molecule has 13 heteroatoms. The van der Waals surface area contributed by atoms with Crippen LogP contribution in [0.3, 0.4) is 0 Å². The summed E-state index contributed by atoms with van der Waals surface area (Å²) in [5.74, 6) is -2.28. The zero-order valence-electron chi connectivity index (χ0n) is 30.1. The summed E-state index contributed by atoms with van der Waals surface area (Å²) >= 11 is 0. The van der Waals surface area contributed by atoms with E-state index in [2.05, 4.69) is 29.5 Å². The number of carbonyl (C=O) groups is 3. The Hall–Kier alpha value is -1.87. The smallest absolute Gasteiger partial charge is 0.408 e. The van der Waals surface area contributed by atoms with Crippen molar-refractivity contribution in [1.82, 2.24) is 20.4 Å². The zero-order valence-corrected chi connectivity index (χ0v) is 30.1. The Kier molecular flexibility index (Phi) is 12.4. The van der Waals surface area contributed by atoms with Crippen LogP contribution in [0.15, 0.2) is 0 Å². The molecule has 1 aliphatic carbocycles. The van der Waals surface area contributed by atoms with Crippen molar-refractivity contribution in [2.45, 2.75) is 121 Å². The third-order valence-electron chi connectivity index (χ3n) is 10.8. The molecule has 3 N–H and O–H groups in total. The first kappa shape index (κ1) is 37.9. The minimum atomic E-state index is -1.13. The Labute approximate surface area is 280 Å². The van der Waals surface area contributed by atoms with E-state index >= 15 is 0 Å². The lowest BCUT2D eigenvalue weighted by molar-refractivity contribution is -0.298. The molecule has 0 aromatic rings. The van der Waals surface area contributed by atoms with E-state index < -0.39 is 59.6 Å². The highest BCUT2D eigenvalue weighted by Gasteiger charge is 2.52. The molecule has 12 atom stereocenters. The van der Waals surface area contributed by atoms with Gasteiger partial charge < -0.3 is 49.2 Å². The van der Waals surface area contributed by atoms with Crippen molar-refractivity contribution in [2.75, 3.05) is 54.5 Å². The van der Waals surface area contributed by atoms with Crippen molar-refractivity contribution in [3.05, 3.63) is 0 Å². The number of cyclic esters (lactones) is 1. The molecule has 3 heterocycles. The number of ketones is 1. The molecule has 0 aromatic carbocycles. The molecular weight excluding hydrogens is 608 g/mol. The van der Waals surface area contributed by atoms with Crippen LogP contribution in [0.4, 0.5) is 4.79 Å². The number of Topliss-reactive ketones (excluding diaryl/α,β-unsaturated/α-hetero) is 1. The van der Waals surface area contributed by atoms with Crippen molar-refractivity contribution < 1.29 is 43.2 Å². The van der Waals surface area contributed by atoms with Crippen LogP contribution in [0.1, 0.15) is 67.2 Å². The molecule has 0 spiro atoms. The van der Waals surface area contributed by atoms with Crippen molar-refractivity contribution >= 4 is 17.8 Å². The van der Waals surface area contributed by atoms with Crippen LogP contribution in [-0.2, 0) is 33.3 Å². The molecule has 1 amide bonds. The number of hydrogen-bond donors (Lipinski definition) is 3. The summed E-state index contributed by atoms with van der Waals surface area (Å²) in [4.78, 5) is 43.9. The molecule has 1 saturated carbocycles. The molecule has 0 radical (unpaired) electrons. The normalized spacial score (nSPS) is 42.7. The number of carbonyl (C=O) groups excluding carboxylic acids is 3. The number of nitrogens with one attached hydrogen (secondary N) is 2. The molecule has 4 aliphatic rings. The lowest BCUT2D eigenvalue weighted by Gasteiger charge is -2.47. The minimum Gasteiger partial charge on any atom is -0.461 e.